The highest BCUT2D eigenvalue weighted by molar-refractivity contribution is 7.92. The molecule has 1 N–H and O–H groups in total. The summed E-state index contributed by atoms with van der Waals surface area (Å²) in [6.07, 6.45) is 2.98. The molecule has 3 aromatic carbocycles. The van der Waals surface area contributed by atoms with Gasteiger partial charge < -0.3 is 15.0 Å². The topological polar surface area (TPSA) is 96.0 Å². The van der Waals surface area contributed by atoms with E-state index in [1.54, 1.807) is 12.1 Å². The Hall–Kier alpha value is -3.56. The van der Waals surface area contributed by atoms with Gasteiger partial charge >= 0.3 is 0 Å². The summed E-state index contributed by atoms with van der Waals surface area (Å²) in [6.45, 7) is 4.02. The van der Waals surface area contributed by atoms with E-state index in [1.165, 1.54) is 18.1 Å². The lowest BCUT2D eigenvalue weighted by Crippen LogP contribution is -2.53. The van der Waals surface area contributed by atoms with E-state index in [-0.39, 0.29) is 35.3 Å². The summed E-state index contributed by atoms with van der Waals surface area (Å²) >= 11 is 6.21. The van der Waals surface area contributed by atoms with Crippen molar-refractivity contribution >= 4 is 39.1 Å². The van der Waals surface area contributed by atoms with Crippen molar-refractivity contribution in [2.24, 2.45) is 0 Å². The number of amides is 2. The maximum atomic E-state index is 14.2. The first kappa shape index (κ1) is 32.0. The molecule has 3 rings (SSSR count). The van der Waals surface area contributed by atoms with Gasteiger partial charge in [0.1, 0.15) is 18.3 Å². The van der Waals surface area contributed by atoms with Crippen LogP contribution in [0, 0.1) is 6.92 Å². The third-order valence-corrected chi connectivity index (χ3v) is 7.99. The van der Waals surface area contributed by atoms with Crippen molar-refractivity contribution in [3.05, 3.63) is 94.5 Å². The van der Waals surface area contributed by atoms with E-state index >= 15 is 0 Å². The predicted molar refractivity (Wildman–Crippen MR) is 164 cm³/mol. The van der Waals surface area contributed by atoms with E-state index in [0.29, 0.717) is 6.54 Å². The SMILES string of the molecule is CCCCNC(=O)[C@@H](Cc1ccccc1)N(Cc1cccc(C)c1)C(=O)CN(c1cc(Cl)ccc1OC)S(C)(=O)=O. The van der Waals surface area contributed by atoms with Gasteiger partial charge in [-0.25, -0.2) is 8.42 Å². The minimum atomic E-state index is -3.95. The van der Waals surface area contributed by atoms with E-state index in [4.69, 9.17) is 16.3 Å². The Morgan fingerprint density at radius 3 is 2.34 bits per heavy atom. The summed E-state index contributed by atoms with van der Waals surface area (Å²) in [5, 5.41) is 3.26. The number of hydrogen-bond acceptors (Lipinski definition) is 5. The summed E-state index contributed by atoms with van der Waals surface area (Å²) in [5.41, 5.74) is 2.84. The maximum Gasteiger partial charge on any atom is 0.244 e. The highest BCUT2D eigenvalue weighted by Gasteiger charge is 2.33. The van der Waals surface area contributed by atoms with E-state index in [0.717, 1.165) is 40.1 Å². The minimum Gasteiger partial charge on any atom is -0.495 e. The summed E-state index contributed by atoms with van der Waals surface area (Å²) < 4.78 is 32.4. The number of unbranched alkanes of at least 4 members (excludes halogenated alkanes) is 1. The molecule has 8 nitrogen and oxygen atoms in total. The molecule has 0 aliphatic carbocycles. The Balaban J connectivity index is 2.08. The monoisotopic (exact) mass is 599 g/mol. The molecule has 0 unspecified atom stereocenters. The van der Waals surface area contributed by atoms with Gasteiger partial charge in [-0.05, 0) is 42.7 Å². The fraction of sp³-hybridized carbons (Fsp3) is 0.355. The number of methoxy groups -OCH3 is 1. The number of nitrogens with one attached hydrogen (secondary N) is 1. The normalized spacial score (nSPS) is 11.9. The number of sulfonamides is 1. The predicted octanol–water partition coefficient (Wildman–Crippen LogP) is 4.98. The van der Waals surface area contributed by atoms with Crippen molar-refractivity contribution in [3.8, 4) is 5.75 Å². The lowest BCUT2D eigenvalue weighted by atomic mass is 10.0. The molecule has 0 radical (unpaired) electrons. The average molecular weight is 600 g/mol. The first-order valence-corrected chi connectivity index (χ1v) is 15.7. The Morgan fingerprint density at radius 1 is 1.00 bits per heavy atom. The van der Waals surface area contributed by atoms with Crippen LogP contribution in [0.3, 0.4) is 0 Å². The minimum absolute atomic E-state index is 0.115. The molecule has 0 bridgehead atoms. The molecule has 1 atom stereocenters. The van der Waals surface area contributed by atoms with Gasteiger partial charge in [0.2, 0.25) is 21.8 Å². The molecule has 10 heteroatoms. The zero-order valence-corrected chi connectivity index (χ0v) is 25.5. The van der Waals surface area contributed by atoms with Gasteiger partial charge in [0.25, 0.3) is 0 Å². The number of rotatable bonds is 14. The molecule has 0 heterocycles. The Kier molecular flexibility index (Phi) is 11.6. The molecular weight excluding hydrogens is 562 g/mol. The quantitative estimate of drug-likeness (QED) is 0.264. The van der Waals surface area contributed by atoms with Gasteiger partial charge in [-0.2, -0.15) is 0 Å². The Labute approximate surface area is 248 Å². The number of halogens is 1. The van der Waals surface area contributed by atoms with Gasteiger partial charge in [-0.3, -0.25) is 13.9 Å². The summed E-state index contributed by atoms with van der Waals surface area (Å²) in [7, 11) is -2.54. The molecule has 0 spiro atoms. The maximum absolute atomic E-state index is 14.2. The van der Waals surface area contributed by atoms with Gasteiger partial charge in [-0.15, -0.1) is 0 Å². The second-order valence-electron chi connectivity index (χ2n) is 9.95. The van der Waals surface area contributed by atoms with E-state index in [1.807, 2.05) is 68.4 Å². The van der Waals surface area contributed by atoms with Crippen molar-refractivity contribution in [2.45, 2.75) is 45.7 Å². The molecule has 3 aromatic rings. The summed E-state index contributed by atoms with van der Waals surface area (Å²) in [5.74, 6) is -0.587. The van der Waals surface area contributed by atoms with Crippen molar-refractivity contribution in [1.82, 2.24) is 10.2 Å². The number of benzene rings is 3. The average Bonchev–Trinajstić information content (AvgIpc) is 2.93. The highest BCUT2D eigenvalue weighted by atomic mass is 35.5. The van der Waals surface area contributed by atoms with Crippen molar-refractivity contribution in [3.63, 3.8) is 0 Å². The van der Waals surface area contributed by atoms with Crippen LogP contribution >= 0.6 is 11.6 Å². The molecule has 0 saturated heterocycles. The fourth-order valence-corrected chi connectivity index (χ4v) is 5.53. The zero-order valence-electron chi connectivity index (χ0n) is 24.0. The van der Waals surface area contributed by atoms with E-state index in [2.05, 4.69) is 5.32 Å². The summed E-state index contributed by atoms with van der Waals surface area (Å²) in [6, 6.07) is 20.8. The second kappa shape index (κ2) is 14.9. The largest absolute Gasteiger partial charge is 0.495 e. The van der Waals surface area contributed by atoms with E-state index in [9.17, 15) is 18.0 Å². The molecule has 0 fully saturated rings. The number of aryl methyl sites for hydroxylation is 1. The standard InChI is InChI=1S/C31H38ClN3O5S/c1-5-6-17-33-31(37)28(19-24-12-8-7-9-13-24)34(21-25-14-10-11-23(2)18-25)30(36)22-35(41(4,38)39)27-20-26(32)15-16-29(27)40-3/h7-16,18,20,28H,5-6,17,19,21-22H2,1-4H3,(H,33,37)/t28-/m1/s1. The van der Waals surface area contributed by atoms with Crippen LogP contribution in [0.25, 0.3) is 0 Å². The van der Waals surface area contributed by atoms with Crippen LogP contribution in [0.15, 0.2) is 72.8 Å². The number of ether oxygens (including phenoxy) is 1. The number of nitrogens with zero attached hydrogens (tertiary/aromatic N) is 2. The van der Waals surface area contributed by atoms with Gasteiger partial charge in [0.05, 0.1) is 19.1 Å². The molecule has 0 saturated carbocycles. The van der Waals surface area contributed by atoms with Crippen molar-refractivity contribution in [1.29, 1.82) is 0 Å². The molecule has 41 heavy (non-hydrogen) atoms. The molecule has 0 aromatic heterocycles. The van der Waals surface area contributed by atoms with Crippen molar-refractivity contribution < 1.29 is 22.7 Å². The highest BCUT2D eigenvalue weighted by Crippen LogP contribution is 2.33. The van der Waals surface area contributed by atoms with Gasteiger partial charge in [0, 0.05) is 24.5 Å². The molecule has 0 aliphatic rings. The Morgan fingerprint density at radius 2 is 1.71 bits per heavy atom. The van der Waals surface area contributed by atoms with Crippen LogP contribution in [0.2, 0.25) is 5.02 Å². The second-order valence-corrected chi connectivity index (χ2v) is 12.3. The van der Waals surface area contributed by atoms with Crippen LogP contribution in [-0.4, -0.2) is 57.6 Å². The van der Waals surface area contributed by atoms with Crippen LogP contribution in [-0.2, 0) is 32.6 Å². The van der Waals surface area contributed by atoms with Crippen LogP contribution in [0.1, 0.15) is 36.5 Å². The Bertz CT molecular complexity index is 1430. The van der Waals surface area contributed by atoms with Gasteiger partial charge in [-0.1, -0.05) is 85.1 Å². The van der Waals surface area contributed by atoms with Crippen LogP contribution in [0.4, 0.5) is 5.69 Å². The lowest BCUT2D eigenvalue weighted by Gasteiger charge is -2.34. The first-order chi connectivity index (χ1) is 19.5. The molecule has 0 aliphatic heterocycles. The third-order valence-electron chi connectivity index (χ3n) is 6.62. The molecule has 2 amide bonds. The number of anilines is 1. The smallest absolute Gasteiger partial charge is 0.244 e. The van der Waals surface area contributed by atoms with Crippen LogP contribution < -0.4 is 14.4 Å². The lowest BCUT2D eigenvalue weighted by molar-refractivity contribution is -0.140. The fourth-order valence-electron chi connectivity index (χ4n) is 4.52. The molecular formula is C31H38ClN3O5S. The number of carbonyl (C=O) groups is 2. The number of hydrogen-bond donors (Lipinski definition) is 1. The third kappa shape index (κ3) is 9.23. The van der Waals surface area contributed by atoms with Crippen LogP contribution in [0.5, 0.6) is 5.75 Å². The number of carbonyl (C=O) groups excluding carboxylic acids is 2. The van der Waals surface area contributed by atoms with Gasteiger partial charge in [0.15, 0.2) is 0 Å². The first-order valence-electron chi connectivity index (χ1n) is 13.5. The zero-order chi connectivity index (χ0) is 30.0. The molecule has 220 valence electrons. The summed E-state index contributed by atoms with van der Waals surface area (Å²) in [4.78, 5) is 29.3. The van der Waals surface area contributed by atoms with Crippen molar-refractivity contribution in [2.75, 3.05) is 30.8 Å². The van der Waals surface area contributed by atoms with E-state index < -0.39 is 28.5 Å².